The van der Waals surface area contributed by atoms with Gasteiger partial charge in [-0.05, 0) is 35.9 Å². The number of benzene rings is 2. The van der Waals surface area contributed by atoms with Crippen molar-refractivity contribution in [1.82, 2.24) is 13.9 Å². The van der Waals surface area contributed by atoms with E-state index in [-0.39, 0.29) is 17.1 Å². The Balaban J connectivity index is 1.46. The molecule has 0 aliphatic carbocycles. The van der Waals surface area contributed by atoms with Crippen LogP contribution in [0.1, 0.15) is 0 Å². The second kappa shape index (κ2) is 8.62. The number of hydrogen-bond acceptors (Lipinski definition) is 6. The molecule has 2 heterocycles. The fourth-order valence-electron chi connectivity index (χ4n) is 3.04. The zero-order chi connectivity index (χ0) is 22.0. The molecule has 160 valence electrons. The Kier molecular flexibility index (Phi) is 5.90. The molecule has 0 aliphatic rings. The van der Waals surface area contributed by atoms with E-state index in [0.29, 0.717) is 22.5 Å². The summed E-state index contributed by atoms with van der Waals surface area (Å²) in [5.41, 5.74) is 0.943. The third kappa shape index (κ3) is 4.39. The van der Waals surface area contributed by atoms with Gasteiger partial charge in [0, 0.05) is 19.0 Å². The monoisotopic (exact) mass is 455 g/mol. The molecule has 0 N–H and O–H groups in total. The summed E-state index contributed by atoms with van der Waals surface area (Å²) < 4.78 is 32.6. The van der Waals surface area contributed by atoms with Gasteiger partial charge in [-0.1, -0.05) is 30.3 Å². The van der Waals surface area contributed by atoms with Crippen LogP contribution in [-0.4, -0.2) is 43.0 Å². The van der Waals surface area contributed by atoms with E-state index in [0.717, 1.165) is 14.7 Å². The van der Waals surface area contributed by atoms with Gasteiger partial charge in [0.1, 0.15) is 17.2 Å². The molecular formula is C22H21N3O4S2. The molecule has 0 aliphatic heterocycles. The standard InChI is InChI=1S/C22H21N3O4S2/c1-24(2)31(27,28)18-10-8-17(9-11-18)29-13-12-25-15-23-21-19(22(25)26)14-20(30-21)16-6-4-3-5-7-16/h3-11,14-15H,12-13H2,1-2H3. The molecule has 2 aromatic heterocycles. The Bertz CT molecular complexity index is 1360. The first kappa shape index (κ1) is 21.2. The molecule has 0 bridgehead atoms. The van der Waals surface area contributed by atoms with Gasteiger partial charge in [-0.15, -0.1) is 11.3 Å². The van der Waals surface area contributed by atoms with Crippen molar-refractivity contribution >= 4 is 31.6 Å². The van der Waals surface area contributed by atoms with Crippen molar-refractivity contribution in [2.75, 3.05) is 20.7 Å². The summed E-state index contributed by atoms with van der Waals surface area (Å²) in [6, 6.07) is 18.0. The number of hydrogen-bond donors (Lipinski definition) is 0. The second-order valence-electron chi connectivity index (χ2n) is 7.05. The normalized spacial score (nSPS) is 11.8. The highest BCUT2D eigenvalue weighted by Crippen LogP contribution is 2.30. The molecular weight excluding hydrogens is 434 g/mol. The smallest absolute Gasteiger partial charge is 0.262 e. The SMILES string of the molecule is CN(C)S(=O)(=O)c1ccc(OCCn2cnc3sc(-c4ccccc4)cc3c2=O)cc1. The molecule has 9 heteroatoms. The molecule has 0 spiro atoms. The summed E-state index contributed by atoms with van der Waals surface area (Å²) in [5, 5.41) is 0.588. The van der Waals surface area contributed by atoms with E-state index in [1.807, 2.05) is 36.4 Å². The van der Waals surface area contributed by atoms with Crippen LogP contribution in [0.15, 0.2) is 76.7 Å². The number of thiophene rings is 1. The van der Waals surface area contributed by atoms with Crippen LogP contribution in [0.3, 0.4) is 0 Å². The largest absolute Gasteiger partial charge is 0.492 e. The number of rotatable bonds is 7. The van der Waals surface area contributed by atoms with Crippen molar-refractivity contribution < 1.29 is 13.2 Å². The molecule has 7 nitrogen and oxygen atoms in total. The lowest BCUT2D eigenvalue weighted by atomic mass is 10.2. The van der Waals surface area contributed by atoms with Crippen molar-refractivity contribution in [2.24, 2.45) is 0 Å². The van der Waals surface area contributed by atoms with E-state index < -0.39 is 10.0 Å². The third-order valence-electron chi connectivity index (χ3n) is 4.78. The fraction of sp³-hybridized carbons (Fsp3) is 0.182. The first-order chi connectivity index (χ1) is 14.9. The van der Waals surface area contributed by atoms with Gasteiger partial charge >= 0.3 is 0 Å². The Morgan fingerprint density at radius 2 is 1.77 bits per heavy atom. The highest BCUT2D eigenvalue weighted by atomic mass is 32.2. The van der Waals surface area contributed by atoms with Gasteiger partial charge in [0.2, 0.25) is 10.0 Å². The molecule has 0 fully saturated rings. The van der Waals surface area contributed by atoms with Gasteiger partial charge < -0.3 is 4.74 Å². The van der Waals surface area contributed by atoms with Gasteiger partial charge in [0.05, 0.1) is 23.2 Å². The molecule has 2 aromatic carbocycles. The molecule has 4 aromatic rings. The van der Waals surface area contributed by atoms with Crippen molar-refractivity contribution in [3.05, 3.63) is 77.3 Å². The van der Waals surface area contributed by atoms with Gasteiger partial charge in [0.15, 0.2) is 0 Å². The second-order valence-corrected chi connectivity index (χ2v) is 10.2. The van der Waals surface area contributed by atoms with E-state index in [9.17, 15) is 13.2 Å². The molecule has 0 saturated carbocycles. The van der Waals surface area contributed by atoms with Crippen molar-refractivity contribution in [3.8, 4) is 16.2 Å². The van der Waals surface area contributed by atoms with Crippen LogP contribution in [-0.2, 0) is 16.6 Å². The lowest BCUT2D eigenvalue weighted by molar-refractivity contribution is 0.296. The summed E-state index contributed by atoms with van der Waals surface area (Å²) in [6.07, 6.45) is 1.53. The van der Waals surface area contributed by atoms with Gasteiger partial charge in [-0.25, -0.2) is 17.7 Å². The van der Waals surface area contributed by atoms with Crippen LogP contribution in [0.5, 0.6) is 5.75 Å². The molecule has 0 amide bonds. The third-order valence-corrected chi connectivity index (χ3v) is 7.70. The van der Waals surface area contributed by atoms with Crippen LogP contribution in [0, 0.1) is 0 Å². The molecule has 4 rings (SSSR count). The molecule has 0 radical (unpaired) electrons. The average Bonchev–Trinajstić information content (AvgIpc) is 3.21. The Hall–Kier alpha value is -3.01. The maximum Gasteiger partial charge on any atom is 0.262 e. The molecule has 0 atom stereocenters. The first-order valence-corrected chi connectivity index (χ1v) is 11.8. The van der Waals surface area contributed by atoms with Crippen molar-refractivity contribution in [2.45, 2.75) is 11.4 Å². The Labute approximate surface area is 184 Å². The summed E-state index contributed by atoms with van der Waals surface area (Å²) in [6.45, 7) is 0.582. The first-order valence-electron chi connectivity index (χ1n) is 9.56. The Morgan fingerprint density at radius 1 is 1.06 bits per heavy atom. The zero-order valence-electron chi connectivity index (χ0n) is 17.1. The number of fused-ring (bicyclic) bond motifs is 1. The fourth-order valence-corrected chi connectivity index (χ4v) is 4.94. The van der Waals surface area contributed by atoms with Crippen LogP contribution in [0.25, 0.3) is 20.7 Å². The topological polar surface area (TPSA) is 81.5 Å². The minimum atomic E-state index is -3.48. The maximum absolute atomic E-state index is 12.8. The summed E-state index contributed by atoms with van der Waals surface area (Å²) in [5.74, 6) is 0.529. The number of ether oxygens (including phenoxy) is 1. The van der Waals surface area contributed by atoms with E-state index in [1.54, 1.807) is 12.1 Å². The quantitative estimate of drug-likeness (QED) is 0.426. The van der Waals surface area contributed by atoms with Gasteiger partial charge in [-0.2, -0.15) is 0 Å². The summed E-state index contributed by atoms with van der Waals surface area (Å²) in [7, 11) is -0.507. The van der Waals surface area contributed by atoms with E-state index in [2.05, 4.69) is 4.98 Å². The molecule has 0 saturated heterocycles. The Morgan fingerprint density at radius 3 is 2.45 bits per heavy atom. The predicted octanol–water partition coefficient (Wildman–Crippen LogP) is 3.45. The zero-order valence-corrected chi connectivity index (χ0v) is 18.7. The average molecular weight is 456 g/mol. The highest BCUT2D eigenvalue weighted by molar-refractivity contribution is 7.89. The van der Waals surface area contributed by atoms with E-state index >= 15 is 0 Å². The molecule has 0 unspecified atom stereocenters. The molecule has 31 heavy (non-hydrogen) atoms. The minimum absolute atomic E-state index is 0.112. The number of nitrogens with zero attached hydrogens (tertiary/aromatic N) is 3. The van der Waals surface area contributed by atoms with E-state index in [1.165, 1.54) is 48.5 Å². The highest BCUT2D eigenvalue weighted by Gasteiger charge is 2.16. The van der Waals surface area contributed by atoms with Gasteiger partial charge in [0.25, 0.3) is 5.56 Å². The lowest BCUT2D eigenvalue weighted by Crippen LogP contribution is -2.23. The predicted molar refractivity (Wildman–Crippen MR) is 122 cm³/mol. The van der Waals surface area contributed by atoms with Crippen molar-refractivity contribution in [1.29, 1.82) is 0 Å². The van der Waals surface area contributed by atoms with E-state index in [4.69, 9.17) is 4.74 Å². The summed E-state index contributed by atoms with van der Waals surface area (Å²) >= 11 is 1.49. The van der Waals surface area contributed by atoms with Gasteiger partial charge in [-0.3, -0.25) is 9.36 Å². The lowest BCUT2D eigenvalue weighted by Gasteiger charge is -2.12. The van der Waals surface area contributed by atoms with Crippen LogP contribution < -0.4 is 10.3 Å². The summed E-state index contributed by atoms with van der Waals surface area (Å²) in [4.78, 5) is 19.2. The van der Waals surface area contributed by atoms with Crippen LogP contribution in [0.4, 0.5) is 0 Å². The number of aromatic nitrogens is 2. The number of sulfonamides is 1. The maximum atomic E-state index is 12.8. The van der Waals surface area contributed by atoms with Crippen molar-refractivity contribution in [3.63, 3.8) is 0 Å². The van der Waals surface area contributed by atoms with Crippen LogP contribution >= 0.6 is 11.3 Å². The minimum Gasteiger partial charge on any atom is -0.492 e. The van der Waals surface area contributed by atoms with Crippen LogP contribution in [0.2, 0.25) is 0 Å².